The van der Waals surface area contributed by atoms with Crippen LogP contribution in [0.15, 0.2) is 12.2 Å². The van der Waals surface area contributed by atoms with Gasteiger partial charge in [-0.3, -0.25) is 4.79 Å². The molecule has 3 heteroatoms. The summed E-state index contributed by atoms with van der Waals surface area (Å²) in [4.78, 5) is 15.7. The SMILES string of the molecule is CC1CCN(C(=O)/C=C/CN(C)C)CC1. The molecule has 0 atom stereocenters. The zero-order chi connectivity index (χ0) is 11.3. The van der Waals surface area contributed by atoms with E-state index in [4.69, 9.17) is 0 Å². The zero-order valence-electron chi connectivity index (χ0n) is 10.1. The molecular weight excluding hydrogens is 188 g/mol. The Morgan fingerprint density at radius 2 is 2.00 bits per heavy atom. The van der Waals surface area contributed by atoms with Crippen molar-refractivity contribution in [1.29, 1.82) is 0 Å². The fourth-order valence-electron chi connectivity index (χ4n) is 1.70. The number of rotatable bonds is 3. The number of likely N-dealkylation sites (N-methyl/N-ethyl adjacent to an activating group) is 1. The molecule has 86 valence electrons. The van der Waals surface area contributed by atoms with Crippen LogP contribution < -0.4 is 0 Å². The lowest BCUT2D eigenvalue weighted by atomic mass is 9.99. The molecule has 0 bridgehead atoms. The van der Waals surface area contributed by atoms with E-state index >= 15 is 0 Å². The van der Waals surface area contributed by atoms with Gasteiger partial charge in [-0.15, -0.1) is 0 Å². The Hall–Kier alpha value is -0.830. The first-order valence-corrected chi connectivity index (χ1v) is 5.69. The van der Waals surface area contributed by atoms with Crippen molar-refractivity contribution < 1.29 is 4.79 Å². The molecule has 0 radical (unpaired) electrons. The van der Waals surface area contributed by atoms with Gasteiger partial charge in [0.25, 0.3) is 0 Å². The van der Waals surface area contributed by atoms with Crippen molar-refractivity contribution in [1.82, 2.24) is 9.80 Å². The normalized spacial score (nSPS) is 19.1. The molecule has 3 nitrogen and oxygen atoms in total. The number of carbonyl (C=O) groups excluding carboxylic acids is 1. The lowest BCUT2D eigenvalue weighted by molar-refractivity contribution is -0.127. The molecule has 1 rings (SSSR count). The number of hydrogen-bond donors (Lipinski definition) is 0. The van der Waals surface area contributed by atoms with Crippen LogP contribution in [0.4, 0.5) is 0 Å². The third-order valence-electron chi connectivity index (χ3n) is 2.83. The molecule has 0 aromatic carbocycles. The number of nitrogens with zero attached hydrogens (tertiary/aromatic N) is 2. The maximum Gasteiger partial charge on any atom is 0.246 e. The maximum absolute atomic E-state index is 11.7. The molecule has 0 aliphatic carbocycles. The van der Waals surface area contributed by atoms with Crippen molar-refractivity contribution in [2.24, 2.45) is 5.92 Å². The van der Waals surface area contributed by atoms with E-state index in [1.807, 2.05) is 30.0 Å². The van der Waals surface area contributed by atoms with Crippen LogP contribution in [-0.4, -0.2) is 49.4 Å². The fraction of sp³-hybridized carbons (Fsp3) is 0.750. The average Bonchev–Trinajstić information content (AvgIpc) is 2.18. The Balaban J connectivity index is 2.31. The van der Waals surface area contributed by atoms with E-state index in [1.165, 1.54) is 0 Å². The molecule has 0 N–H and O–H groups in total. The van der Waals surface area contributed by atoms with Gasteiger partial charge in [-0.1, -0.05) is 13.0 Å². The van der Waals surface area contributed by atoms with Crippen molar-refractivity contribution in [2.45, 2.75) is 19.8 Å². The molecule has 1 aliphatic rings. The molecule has 15 heavy (non-hydrogen) atoms. The Morgan fingerprint density at radius 1 is 1.40 bits per heavy atom. The van der Waals surface area contributed by atoms with Gasteiger partial charge in [-0.25, -0.2) is 0 Å². The van der Waals surface area contributed by atoms with E-state index in [2.05, 4.69) is 6.92 Å². The quantitative estimate of drug-likeness (QED) is 0.657. The van der Waals surface area contributed by atoms with Gasteiger partial charge < -0.3 is 9.80 Å². The predicted molar refractivity (Wildman–Crippen MR) is 62.7 cm³/mol. The Bertz CT molecular complexity index is 228. The second kappa shape index (κ2) is 5.91. The standard InChI is InChI=1S/C12H22N2O/c1-11-6-9-14(10-7-11)12(15)5-4-8-13(2)3/h4-5,11H,6-10H2,1-3H3/b5-4+. The number of hydrogen-bond acceptors (Lipinski definition) is 2. The highest BCUT2D eigenvalue weighted by molar-refractivity contribution is 5.87. The Labute approximate surface area is 92.7 Å². The van der Waals surface area contributed by atoms with Crippen molar-refractivity contribution in [3.63, 3.8) is 0 Å². The summed E-state index contributed by atoms with van der Waals surface area (Å²) in [6.07, 6.45) is 5.93. The maximum atomic E-state index is 11.7. The topological polar surface area (TPSA) is 23.6 Å². The van der Waals surface area contributed by atoms with Gasteiger partial charge in [0.15, 0.2) is 0 Å². The summed E-state index contributed by atoms with van der Waals surface area (Å²) in [5, 5.41) is 0. The van der Waals surface area contributed by atoms with Gasteiger partial charge in [0.2, 0.25) is 5.91 Å². The highest BCUT2D eigenvalue weighted by atomic mass is 16.2. The van der Waals surface area contributed by atoms with Crippen LogP contribution in [0.3, 0.4) is 0 Å². The minimum Gasteiger partial charge on any atom is -0.339 e. The summed E-state index contributed by atoms with van der Waals surface area (Å²) in [5.74, 6) is 0.948. The lowest BCUT2D eigenvalue weighted by Gasteiger charge is -2.29. The van der Waals surface area contributed by atoms with E-state index in [0.29, 0.717) is 0 Å². The minimum atomic E-state index is 0.170. The predicted octanol–water partition coefficient (Wildman–Crippen LogP) is 1.36. The molecule has 0 saturated carbocycles. The van der Waals surface area contributed by atoms with Crippen LogP contribution in [0, 0.1) is 5.92 Å². The summed E-state index contributed by atoms with van der Waals surface area (Å²) in [6, 6.07) is 0. The smallest absolute Gasteiger partial charge is 0.246 e. The van der Waals surface area contributed by atoms with Crippen molar-refractivity contribution in [3.05, 3.63) is 12.2 Å². The van der Waals surface area contributed by atoms with E-state index < -0.39 is 0 Å². The van der Waals surface area contributed by atoms with E-state index in [-0.39, 0.29) is 5.91 Å². The van der Waals surface area contributed by atoms with Gasteiger partial charge >= 0.3 is 0 Å². The van der Waals surface area contributed by atoms with Crippen molar-refractivity contribution >= 4 is 5.91 Å². The van der Waals surface area contributed by atoms with Crippen LogP contribution in [0.5, 0.6) is 0 Å². The summed E-state index contributed by atoms with van der Waals surface area (Å²) in [6.45, 7) is 4.93. The first-order chi connectivity index (χ1) is 7.09. The number of likely N-dealkylation sites (tertiary alicyclic amines) is 1. The summed E-state index contributed by atoms with van der Waals surface area (Å²) in [7, 11) is 3.99. The average molecular weight is 210 g/mol. The van der Waals surface area contributed by atoms with Crippen LogP contribution >= 0.6 is 0 Å². The zero-order valence-corrected chi connectivity index (χ0v) is 10.1. The first-order valence-electron chi connectivity index (χ1n) is 5.69. The van der Waals surface area contributed by atoms with Gasteiger partial charge in [0.05, 0.1) is 0 Å². The molecule has 1 heterocycles. The molecule has 1 fully saturated rings. The van der Waals surface area contributed by atoms with E-state index in [1.54, 1.807) is 6.08 Å². The molecule has 1 amide bonds. The molecule has 0 aromatic heterocycles. The van der Waals surface area contributed by atoms with Crippen LogP contribution in [0.2, 0.25) is 0 Å². The molecule has 0 unspecified atom stereocenters. The van der Waals surface area contributed by atoms with Crippen LogP contribution in [0.25, 0.3) is 0 Å². The van der Waals surface area contributed by atoms with Crippen molar-refractivity contribution in [3.8, 4) is 0 Å². The second-order valence-corrected chi connectivity index (χ2v) is 4.67. The molecule has 0 aromatic rings. The first kappa shape index (κ1) is 12.2. The summed E-state index contributed by atoms with van der Waals surface area (Å²) >= 11 is 0. The van der Waals surface area contributed by atoms with Gasteiger partial charge in [-0.05, 0) is 32.9 Å². The number of amides is 1. The number of piperidine rings is 1. The monoisotopic (exact) mass is 210 g/mol. The highest BCUT2D eigenvalue weighted by Gasteiger charge is 2.17. The molecule has 1 aliphatic heterocycles. The summed E-state index contributed by atoms with van der Waals surface area (Å²) < 4.78 is 0. The Morgan fingerprint density at radius 3 is 2.53 bits per heavy atom. The van der Waals surface area contributed by atoms with Crippen LogP contribution in [-0.2, 0) is 4.79 Å². The van der Waals surface area contributed by atoms with Gasteiger partial charge in [0.1, 0.15) is 0 Å². The van der Waals surface area contributed by atoms with Gasteiger partial charge in [-0.2, -0.15) is 0 Å². The fourth-order valence-corrected chi connectivity index (χ4v) is 1.70. The molecular formula is C12H22N2O. The van der Waals surface area contributed by atoms with Crippen molar-refractivity contribution in [2.75, 3.05) is 33.7 Å². The lowest BCUT2D eigenvalue weighted by Crippen LogP contribution is -2.36. The number of carbonyl (C=O) groups is 1. The Kier molecular flexibility index (Phi) is 4.82. The largest absolute Gasteiger partial charge is 0.339 e. The third-order valence-corrected chi connectivity index (χ3v) is 2.83. The van der Waals surface area contributed by atoms with Crippen LogP contribution in [0.1, 0.15) is 19.8 Å². The third kappa shape index (κ3) is 4.47. The highest BCUT2D eigenvalue weighted by Crippen LogP contribution is 2.15. The minimum absolute atomic E-state index is 0.170. The summed E-state index contributed by atoms with van der Waals surface area (Å²) in [5.41, 5.74) is 0. The molecule has 0 spiro atoms. The van der Waals surface area contributed by atoms with Gasteiger partial charge in [0, 0.05) is 25.7 Å². The van der Waals surface area contributed by atoms with E-state index in [0.717, 1.165) is 38.4 Å². The molecule has 1 saturated heterocycles. The van der Waals surface area contributed by atoms with E-state index in [9.17, 15) is 4.79 Å². The second-order valence-electron chi connectivity index (χ2n) is 4.67.